The van der Waals surface area contributed by atoms with Crippen molar-refractivity contribution in [2.45, 2.75) is 39.5 Å². The average Bonchev–Trinajstić information content (AvgIpc) is 2.88. The Morgan fingerprint density at radius 3 is 2.74 bits per heavy atom. The van der Waals surface area contributed by atoms with E-state index in [1.54, 1.807) is 4.90 Å². The molecule has 122 valence electrons. The second-order valence-electron chi connectivity index (χ2n) is 6.34. The molecule has 0 unspecified atom stereocenters. The Balaban J connectivity index is 1.80. The Morgan fingerprint density at radius 1 is 1.26 bits per heavy atom. The van der Waals surface area contributed by atoms with Crippen LogP contribution in [0.5, 0.6) is 0 Å². The van der Waals surface area contributed by atoms with Crippen LogP contribution in [0.3, 0.4) is 0 Å². The highest BCUT2D eigenvalue weighted by molar-refractivity contribution is 9.10. The molecule has 2 aromatic heterocycles. The van der Waals surface area contributed by atoms with E-state index in [1.165, 1.54) is 0 Å². The maximum atomic E-state index is 12.2. The molecule has 0 atom stereocenters. The van der Waals surface area contributed by atoms with Crippen molar-refractivity contribution in [3.63, 3.8) is 0 Å². The molecule has 0 radical (unpaired) electrons. The first-order valence-corrected chi connectivity index (χ1v) is 8.16. The maximum Gasteiger partial charge on any atom is 0.410 e. The van der Waals surface area contributed by atoms with Gasteiger partial charge in [0.05, 0.1) is 6.54 Å². The zero-order chi connectivity index (χ0) is 16.6. The van der Waals surface area contributed by atoms with E-state index in [2.05, 4.69) is 31.1 Å². The number of hydrogen-bond acceptors (Lipinski definition) is 5. The minimum Gasteiger partial charge on any atom is -0.444 e. The third-order valence-electron chi connectivity index (χ3n) is 3.35. The molecule has 0 bridgehead atoms. The Bertz CT molecular complexity index is 738. The van der Waals surface area contributed by atoms with Gasteiger partial charge in [0.1, 0.15) is 15.9 Å². The molecule has 1 aliphatic heterocycles. The number of amides is 1. The number of halogens is 1. The topological polar surface area (TPSA) is 73.1 Å². The van der Waals surface area contributed by atoms with Crippen LogP contribution >= 0.6 is 15.9 Å². The van der Waals surface area contributed by atoms with E-state index in [0.717, 1.165) is 16.1 Å². The van der Waals surface area contributed by atoms with Crippen LogP contribution in [0.25, 0.3) is 11.5 Å². The van der Waals surface area contributed by atoms with Gasteiger partial charge in [-0.3, -0.25) is 4.90 Å². The molecule has 0 spiro atoms. The smallest absolute Gasteiger partial charge is 0.410 e. The highest BCUT2D eigenvalue weighted by Gasteiger charge is 2.28. The van der Waals surface area contributed by atoms with Crippen LogP contribution < -0.4 is 0 Å². The largest absolute Gasteiger partial charge is 0.444 e. The molecule has 7 nitrogen and oxygen atoms in total. The molecular weight excluding hydrogens is 362 g/mol. The molecule has 1 amide bonds. The van der Waals surface area contributed by atoms with Gasteiger partial charge in [0.2, 0.25) is 0 Å². The minimum atomic E-state index is -0.506. The Hall–Kier alpha value is -1.96. The van der Waals surface area contributed by atoms with Gasteiger partial charge in [-0.05, 0) is 48.8 Å². The predicted octanol–water partition coefficient (Wildman–Crippen LogP) is 2.85. The van der Waals surface area contributed by atoms with E-state index in [1.807, 2.05) is 43.5 Å². The fraction of sp³-hybridized carbons (Fsp3) is 0.467. The SMILES string of the molecule is CC(C)(C)OC(=O)N1CCn2c(nnc2-c2cccc(Br)n2)C1. The monoisotopic (exact) mass is 379 g/mol. The van der Waals surface area contributed by atoms with Crippen LogP contribution in [0.4, 0.5) is 4.79 Å². The van der Waals surface area contributed by atoms with Gasteiger partial charge in [0, 0.05) is 13.1 Å². The zero-order valence-corrected chi connectivity index (χ0v) is 14.9. The van der Waals surface area contributed by atoms with Gasteiger partial charge in [0.25, 0.3) is 0 Å². The van der Waals surface area contributed by atoms with E-state index in [0.29, 0.717) is 25.5 Å². The molecule has 8 heteroatoms. The molecule has 0 fully saturated rings. The number of carbonyl (C=O) groups is 1. The lowest BCUT2D eigenvalue weighted by Crippen LogP contribution is -2.41. The van der Waals surface area contributed by atoms with Crippen molar-refractivity contribution in [1.29, 1.82) is 0 Å². The Morgan fingerprint density at radius 2 is 2.04 bits per heavy atom. The van der Waals surface area contributed by atoms with E-state index in [4.69, 9.17) is 4.74 Å². The summed E-state index contributed by atoms with van der Waals surface area (Å²) in [6, 6.07) is 5.66. The van der Waals surface area contributed by atoms with Gasteiger partial charge >= 0.3 is 6.09 Å². The number of pyridine rings is 1. The van der Waals surface area contributed by atoms with Crippen molar-refractivity contribution < 1.29 is 9.53 Å². The minimum absolute atomic E-state index is 0.325. The third-order valence-corrected chi connectivity index (χ3v) is 3.79. The van der Waals surface area contributed by atoms with Gasteiger partial charge in [-0.1, -0.05) is 6.07 Å². The maximum absolute atomic E-state index is 12.2. The molecule has 0 N–H and O–H groups in total. The highest BCUT2D eigenvalue weighted by atomic mass is 79.9. The molecule has 0 saturated carbocycles. The van der Waals surface area contributed by atoms with Gasteiger partial charge in [-0.15, -0.1) is 10.2 Å². The van der Waals surface area contributed by atoms with Crippen LogP contribution in [0.1, 0.15) is 26.6 Å². The van der Waals surface area contributed by atoms with Crippen LogP contribution in [0.2, 0.25) is 0 Å². The summed E-state index contributed by atoms with van der Waals surface area (Å²) in [5.74, 6) is 1.45. The summed E-state index contributed by atoms with van der Waals surface area (Å²) < 4.78 is 8.15. The van der Waals surface area contributed by atoms with Gasteiger partial charge in [-0.25, -0.2) is 9.78 Å². The first kappa shape index (κ1) is 15.9. The molecule has 0 aromatic carbocycles. The van der Waals surface area contributed by atoms with Gasteiger partial charge in [0.15, 0.2) is 11.6 Å². The Labute approximate surface area is 142 Å². The summed E-state index contributed by atoms with van der Waals surface area (Å²) in [6.45, 7) is 7.12. The van der Waals surface area contributed by atoms with Crippen molar-refractivity contribution in [3.8, 4) is 11.5 Å². The van der Waals surface area contributed by atoms with Crippen molar-refractivity contribution >= 4 is 22.0 Å². The molecule has 2 aromatic rings. The second-order valence-corrected chi connectivity index (χ2v) is 7.15. The normalized spacial score (nSPS) is 14.5. The fourth-order valence-electron chi connectivity index (χ4n) is 2.36. The van der Waals surface area contributed by atoms with Crippen LogP contribution in [0.15, 0.2) is 22.8 Å². The summed E-state index contributed by atoms with van der Waals surface area (Å²) in [5, 5.41) is 8.43. The lowest BCUT2D eigenvalue weighted by Gasteiger charge is -2.30. The van der Waals surface area contributed by atoms with E-state index >= 15 is 0 Å². The summed E-state index contributed by atoms with van der Waals surface area (Å²) in [4.78, 5) is 18.2. The van der Waals surface area contributed by atoms with E-state index in [-0.39, 0.29) is 6.09 Å². The highest BCUT2D eigenvalue weighted by Crippen LogP contribution is 2.22. The standard InChI is InChI=1S/C15H18BrN5O2/c1-15(2,3)23-14(22)20-7-8-21-12(9-20)18-19-13(21)10-5-4-6-11(16)17-10/h4-6H,7-9H2,1-3H3. The number of carbonyl (C=O) groups excluding carboxylic acids is 1. The fourth-order valence-corrected chi connectivity index (χ4v) is 2.71. The summed E-state index contributed by atoms with van der Waals surface area (Å²) in [6.07, 6.45) is -0.325. The molecule has 3 rings (SSSR count). The number of nitrogens with zero attached hydrogens (tertiary/aromatic N) is 5. The molecule has 23 heavy (non-hydrogen) atoms. The number of ether oxygens (including phenoxy) is 1. The van der Waals surface area contributed by atoms with Crippen molar-refractivity contribution in [1.82, 2.24) is 24.6 Å². The third kappa shape index (κ3) is 3.52. The average molecular weight is 380 g/mol. The second kappa shape index (κ2) is 5.92. The van der Waals surface area contributed by atoms with E-state index < -0.39 is 5.60 Å². The molecule has 0 saturated heterocycles. The van der Waals surface area contributed by atoms with Gasteiger partial charge < -0.3 is 9.30 Å². The van der Waals surface area contributed by atoms with Crippen molar-refractivity contribution in [2.75, 3.05) is 6.54 Å². The van der Waals surface area contributed by atoms with Gasteiger partial charge in [-0.2, -0.15) is 0 Å². The lowest BCUT2D eigenvalue weighted by molar-refractivity contribution is 0.0196. The molecule has 3 heterocycles. The van der Waals surface area contributed by atoms with Crippen molar-refractivity contribution in [2.24, 2.45) is 0 Å². The number of fused-ring (bicyclic) bond motifs is 1. The van der Waals surface area contributed by atoms with Crippen LogP contribution in [0, 0.1) is 0 Å². The van der Waals surface area contributed by atoms with Crippen LogP contribution in [-0.4, -0.2) is 42.9 Å². The number of aromatic nitrogens is 4. The molecule has 1 aliphatic rings. The van der Waals surface area contributed by atoms with Crippen LogP contribution in [-0.2, 0) is 17.8 Å². The van der Waals surface area contributed by atoms with E-state index in [9.17, 15) is 4.79 Å². The Kier molecular flexibility index (Phi) is 4.09. The van der Waals surface area contributed by atoms with Crippen molar-refractivity contribution in [3.05, 3.63) is 28.6 Å². The summed E-state index contributed by atoms with van der Waals surface area (Å²) in [5.41, 5.74) is 0.247. The predicted molar refractivity (Wildman–Crippen MR) is 87.6 cm³/mol. The quantitative estimate of drug-likeness (QED) is 0.712. The number of hydrogen-bond donors (Lipinski definition) is 0. The zero-order valence-electron chi connectivity index (χ0n) is 13.3. The first-order valence-electron chi connectivity index (χ1n) is 7.36. The summed E-state index contributed by atoms with van der Waals surface area (Å²) in [7, 11) is 0. The lowest BCUT2D eigenvalue weighted by atomic mass is 10.2. The number of rotatable bonds is 1. The summed E-state index contributed by atoms with van der Waals surface area (Å²) >= 11 is 3.36. The first-order chi connectivity index (χ1) is 10.8. The molecule has 0 aliphatic carbocycles. The molecular formula is C15H18BrN5O2.